The number of thiophene rings is 1. The van der Waals surface area contributed by atoms with E-state index in [2.05, 4.69) is 39.4 Å². The van der Waals surface area contributed by atoms with Crippen LogP contribution >= 0.6 is 11.3 Å². The summed E-state index contributed by atoms with van der Waals surface area (Å²) < 4.78 is 1.72. The average molecular weight is 303 g/mol. The zero-order valence-electron chi connectivity index (χ0n) is 12.2. The molecule has 0 radical (unpaired) electrons. The molecule has 0 aromatic carbocycles. The number of hydrogen-bond acceptors (Lipinski definition) is 7. The Hall–Kier alpha value is -2.06. The van der Waals surface area contributed by atoms with E-state index in [0.29, 0.717) is 24.7 Å². The Morgan fingerprint density at radius 3 is 2.90 bits per heavy atom. The summed E-state index contributed by atoms with van der Waals surface area (Å²) in [5, 5.41) is 12.1. The first kappa shape index (κ1) is 13.9. The van der Waals surface area contributed by atoms with E-state index in [1.807, 2.05) is 13.2 Å². The van der Waals surface area contributed by atoms with Gasteiger partial charge in [0, 0.05) is 11.4 Å². The number of nitrogens with zero attached hydrogens (tertiary/aromatic N) is 5. The first-order valence-electron chi connectivity index (χ1n) is 6.64. The summed E-state index contributed by atoms with van der Waals surface area (Å²) in [5.41, 5.74) is 8.12. The minimum absolute atomic E-state index is 0.465. The Balaban J connectivity index is 1.93. The maximum absolute atomic E-state index is 6.08. The molecule has 0 aliphatic carbocycles. The maximum Gasteiger partial charge on any atom is 0.153 e. The minimum atomic E-state index is 0.465. The molecule has 7 nitrogen and oxygen atoms in total. The number of rotatable bonds is 4. The van der Waals surface area contributed by atoms with Gasteiger partial charge in [0.15, 0.2) is 5.82 Å². The molecule has 3 aromatic heterocycles. The zero-order valence-corrected chi connectivity index (χ0v) is 13.0. The van der Waals surface area contributed by atoms with Gasteiger partial charge in [-0.1, -0.05) is 5.21 Å². The molecular formula is C13H17N7S. The van der Waals surface area contributed by atoms with Crippen molar-refractivity contribution in [1.82, 2.24) is 30.3 Å². The lowest BCUT2D eigenvalue weighted by atomic mass is 10.2. The van der Waals surface area contributed by atoms with Gasteiger partial charge in [-0.3, -0.25) is 0 Å². The van der Waals surface area contributed by atoms with Crippen molar-refractivity contribution in [2.45, 2.75) is 26.9 Å². The molecule has 0 bridgehead atoms. The number of fused-ring (bicyclic) bond motifs is 1. The van der Waals surface area contributed by atoms with Gasteiger partial charge in [-0.2, -0.15) is 0 Å². The Labute approximate surface area is 126 Å². The standard InChI is InChI=1S/C13H17N7S/c1-7-8(2)21-13-11(7)12(14)16-10(17-13)6-20-5-9(4-15-3)18-19-20/h5,15H,4,6H2,1-3H3,(H2,14,16,17). The van der Waals surface area contributed by atoms with Crippen LogP contribution in [0.15, 0.2) is 6.20 Å². The highest BCUT2D eigenvalue weighted by molar-refractivity contribution is 7.18. The van der Waals surface area contributed by atoms with Gasteiger partial charge in [0.1, 0.15) is 17.2 Å². The Bertz CT molecular complexity index is 789. The third kappa shape index (κ3) is 2.59. The highest BCUT2D eigenvalue weighted by Gasteiger charge is 2.13. The first-order chi connectivity index (χ1) is 10.1. The topological polar surface area (TPSA) is 94.5 Å². The highest BCUT2D eigenvalue weighted by Crippen LogP contribution is 2.31. The number of hydrogen-bond donors (Lipinski definition) is 2. The van der Waals surface area contributed by atoms with Gasteiger partial charge in [0.25, 0.3) is 0 Å². The van der Waals surface area contributed by atoms with Crippen LogP contribution in [-0.2, 0) is 13.1 Å². The van der Waals surface area contributed by atoms with Crippen LogP contribution in [0.3, 0.4) is 0 Å². The van der Waals surface area contributed by atoms with Crippen LogP contribution in [0.5, 0.6) is 0 Å². The lowest BCUT2D eigenvalue weighted by Crippen LogP contribution is -2.07. The molecule has 0 unspecified atom stereocenters. The number of aromatic nitrogens is 5. The summed E-state index contributed by atoms with van der Waals surface area (Å²) in [4.78, 5) is 11.1. The van der Waals surface area contributed by atoms with Gasteiger partial charge >= 0.3 is 0 Å². The van der Waals surface area contributed by atoms with E-state index in [0.717, 1.165) is 21.5 Å². The molecule has 0 amide bonds. The fraction of sp³-hybridized carbons (Fsp3) is 0.385. The molecule has 3 N–H and O–H groups in total. The molecule has 0 saturated carbocycles. The minimum Gasteiger partial charge on any atom is -0.383 e. The largest absolute Gasteiger partial charge is 0.383 e. The summed E-state index contributed by atoms with van der Waals surface area (Å²) in [6.45, 7) is 5.27. The first-order valence-corrected chi connectivity index (χ1v) is 7.46. The maximum atomic E-state index is 6.08. The second kappa shape index (κ2) is 5.38. The second-order valence-corrected chi connectivity index (χ2v) is 6.13. The quantitative estimate of drug-likeness (QED) is 0.753. The Morgan fingerprint density at radius 1 is 1.33 bits per heavy atom. The molecule has 0 aliphatic rings. The van der Waals surface area contributed by atoms with Crippen molar-refractivity contribution in [3.05, 3.63) is 28.2 Å². The number of aryl methyl sites for hydroxylation is 2. The third-order valence-electron chi connectivity index (χ3n) is 3.35. The van der Waals surface area contributed by atoms with Crippen molar-refractivity contribution in [2.24, 2.45) is 0 Å². The summed E-state index contributed by atoms with van der Waals surface area (Å²) >= 11 is 1.64. The molecule has 21 heavy (non-hydrogen) atoms. The molecule has 0 fully saturated rings. The zero-order chi connectivity index (χ0) is 15.0. The third-order valence-corrected chi connectivity index (χ3v) is 4.45. The summed E-state index contributed by atoms with van der Waals surface area (Å²) in [6.07, 6.45) is 1.88. The van der Waals surface area contributed by atoms with Crippen molar-refractivity contribution in [1.29, 1.82) is 0 Å². The fourth-order valence-electron chi connectivity index (χ4n) is 2.22. The average Bonchev–Trinajstić information content (AvgIpc) is 2.96. The van der Waals surface area contributed by atoms with Crippen molar-refractivity contribution in [2.75, 3.05) is 12.8 Å². The van der Waals surface area contributed by atoms with E-state index < -0.39 is 0 Å². The molecule has 3 heterocycles. The lowest BCUT2D eigenvalue weighted by molar-refractivity contribution is 0.627. The van der Waals surface area contributed by atoms with E-state index in [9.17, 15) is 0 Å². The summed E-state index contributed by atoms with van der Waals surface area (Å²) in [6, 6.07) is 0. The van der Waals surface area contributed by atoms with Crippen molar-refractivity contribution in [3.8, 4) is 0 Å². The monoisotopic (exact) mass is 303 g/mol. The van der Waals surface area contributed by atoms with Crippen LogP contribution in [0.25, 0.3) is 10.2 Å². The van der Waals surface area contributed by atoms with Gasteiger partial charge in [0.05, 0.1) is 17.3 Å². The van der Waals surface area contributed by atoms with Crippen LogP contribution in [0.1, 0.15) is 22.0 Å². The van der Waals surface area contributed by atoms with Gasteiger partial charge < -0.3 is 11.1 Å². The fourth-order valence-corrected chi connectivity index (χ4v) is 3.28. The van der Waals surface area contributed by atoms with E-state index in [-0.39, 0.29) is 0 Å². The van der Waals surface area contributed by atoms with E-state index in [1.165, 1.54) is 4.88 Å². The normalized spacial score (nSPS) is 11.4. The molecule has 110 valence electrons. The number of anilines is 1. The Kier molecular flexibility index (Phi) is 3.56. The number of nitrogen functional groups attached to an aromatic ring is 1. The second-order valence-electron chi connectivity index (χ2n) is 4.93. The SMILES string of the molecule is CNCc1cn(Cc2nc(N)c3c(C)c(C)sc3n2)nn1. The van der Waals surface area contributed by atoms with Crippen molar-refractivity contribution < 1.29 is 0 Å². The molecule has 3 aromatic rings. The van der Waals surface area contributed by atoms with Gasteiger partial charge in [-0.05, 0) is 26.5 Å². The van der Waals surface area contributed by atoms with Crippen LogP contribution in [-0.4, -0.2) is 32.0 Å². The van der Waals surface area contributed by atoms with Crippen LogP contribution in [0.2, 0.25) is 0 Å². The van der Waals surface area contributed by atoms with Gasteiger partial charge in [-0.25, -0.2) is 14.6 Å². The van der Waals surface area contributed by atoms with E-state index >= 15 is 0 Å². The molecule has 0 spiro atoms. The Morgan fingerprint density at radius 2 is 2.14 bits per heavy atom. The molecule has 0 atom stereocenters. The van der Waals surface area contributed by atoms with Crippen molar-refractivity contribution >= 4 is 27.4 Å². The molecule has 3 rings (SSSR count). The van der Waals surface area contributed by atoms with Crippen LogP contribution in [0.4, 0.5) is 5.82 Å². The number of nitrogens with one attached hydrogen (secondary N) is 1. The van der Waals surface area contributed by atoms with Crippen LogP contribution < -0.4 is 11.1 Å². The molecular weight excluding hydrogens is 286 g/mol. The summed E-state index contributed by atoms with van der Waals surface area (Å²) in [7, 11) is 1.87. The van der Waals surface area contributed by atoms with Crippen LogP contribution in [0, 0.1) is 13.8 Å². The smallest absolute Gasteiger partial charge is 0.153 e. The van der Waals surface area contributed by atoms with Gasteiger partial charge in [-0.15, -0.1) is 16.4 Å². The molecule has 0 aliphatic heterocycles. The van der Waals surface area contributed by atoms with Crippen molar-refractivity contribution in [3.63, 3.8) is 0 Å². The highest BCUT2D eigenvalue weighted by atomic mass is 32.1. The van der Waals surface area contributed by atoms with E-state index in [1.54, 1.807) is 16.0 Å². The summed E-state index contributed by atoms with van der Waals surface area (Å²) in [5.74, 6) is 1.19. The predicted molar refractivity (Wildman–Crippen MR) is 83.2 cm³/mol. The van der Waals surface area contributed by atoms with Gasteiger partial charge in [0.2, 0.25) is 0 Å². The predicted octanol–water partition coefficient (Wildman–Crippen LogP) is 1.25. The van der Waals surface area contributed by atoms with E-state index in [4.69, 9.17) is 5.73 Å². The number of nitrogens with two attached hydrogens (primary N) is 1. The molecule has 8 heteroatoms. The molecule has 0 saturated heterocycles. The lowest BCUT2D eigenvalue weighted by Gasteiger charge is -2.03.